The molecule has 2 aliphatic carbocycles. The molecule has 188 valence electrons. The van der Waals surface area contributed by atoms with Crippen molar-refractivity contribution in [3.8, 4) is 11.4 Å². The number of aromatic nitrogens is 2. The zero-order valence-electron chi connectivity index (χ0n) is 21.1. The molecule has 1 heterocycles. The van der Waals surface area contributed by atoms with Crippen LogP contribution in [0.25, 0.3) is 22.4 Å². The van der Waals surface area contributed by atoms with E-state index in [-0.39, 0.29) is 23.7 Å². The van der Waals surface area contributed by atoms with Crippen LogP contribution in [0.15, 0.2) is 54.6 Å². The number of amides is 2. The molecule has 0 aliphatic heterocycles. The summed E-state index contributed by atoms with van der Waals surface area (Å²) in [5.41, 5.74) is 4.27. The monoisotopic (exact) mass is 484 g/mol. The standard InChI is InChI=1S/C30H36N4O2/c1-2-20-9-7-8-12-25(20)30(36)32-24-17-18-26-27(19-24)34-28(33-26)21-13-15-23(16-14-21)31-29(35)22-10-5-3-4-6-11-22/h7,9,13-20,22,25H,2-6,8,10-12H2,1H3,(H,31,35)(H,32,36)(H,33,34). The van der Waals surface area contributed by atoms with Gasteiger partial charge in [0.05, 0.1) is 11.0 Å². The fraction of sp³-hybridized carbons (Fsp3) is 0.433. The number of carbonyl (C=O) groups excluding carboxylic acids is 2. The third-order valence-corrected chi connectivity index (χ3v) is 7.75. The Bertz CT molecular complexity index is 1240. The van der Waals surface area contributed by atoms with Gasteiger partial charge in [-0.05, 0) is 80.5 Å². The Balaban J connectivity index is 1.25. The van der Waals surface area contributed by atoms with Crippen molar-refractivity contribution in [2.75, 3.05) is 10.6 Å². The van der Waals surface area contributed by atoms with Gasteiger partial charge >= 0.3 is 0 Å². The predicted molar refractivity (Wildman–Crippen MR) is 146 cm³/mol. The minimum absolute atomic E-state index is 0.0228. The van der Waals surface area contributed by atoms with Gasteiger partial charge in [0.2, 0.25) is 11.8 Å². The van der Waals surface area contributed by atoms with Gasteiger partial charge in [0.25, 0.3) is 0 Å². The largest absolute Gasteiger partial charge is 0.338 e. The van der Waals surface area contributed by atoms with Crippen molar-refractivity contribution in [1.82, 2.24) is 9.97 Å². The number of rotatable bonds is 6. The molecule has 1 aromatic heterocycles. The number of aromatic amines is 1. The summed E-state index contributed by atoms with van der Waals surface area (Å²) in [5.74, 6) is 1.44. The van der Waals surface area contributed by atoms with E-state index in [2.05, 4.69) is 34.7 Å². The molecule has 2 aliphatic rings. The third-order valence-electron chi connectivity index (χ3n) is 7.75. The Labute approximate surface area is 213 Å². The molecule has 0 bridgehead atoms. The lowest BCUT2D eigenvalue weighted by atomic mass is 9.82. The molecule has 1 fully saturated rings. The normalized spacial score (nSPS) is 20.7. The molecule has 0 spiro atoms. The predicted octanol–water partition coefficient (Wildman–Crippen LogP) is 7.07. The van der Waals surface area contributed by atoms with Gasteiger partial charge in [0.1, 0.15) is 5.82 Å². The van der Waals surface area contributed by atoms with Crippen molar-refractivity contribution >= 4 is 34.2 Å². The van der Waals surface area contributed by atoms with Gasteiger partial charge in [-0.3, -0.25) is 9.59 Å². The maximum atomic E-state index is 12.9. The second-order valence-corrected chi connectivity index (χ2v) is 10.2. The first kappa shape index (κ1) is 24.3. The second-order valence-electron chi connectivity index (χ2n) is 10.2. The quantitative estimate of drug-likeness (QED) is 0.258. The average molecular weight is 485 g/mol. The Kier molecular flexibility index (Phi) is 7.49. The number of anilines is 2. The Morgan fingerprint density at radius 2 is 1.64 bits per heavy atom. The molecule has 3 N–H and O–H groups in total. The fourth-order valence-electron chi connectivity index (χ4n) is 5.60. The summed E-state index contributed by atoms with van der Waals surface area (Å²) in [7, 11) is 0. The molecular formula is C30H36N4O2. The summed E-state index contributed by atoms with van der Waals surface area (Å²) < 4.78 is 0. The lowest BCUT2D eigenvalue weighted by molar-refractivity contribution is -0.121. The Morgan fingerprint density at radius 1 is 0.917 bits per heavy atom. The van der Waals surface area contributed by atoms with Crippen molar-refractivity contribution in [3.63, 3.8) is 0 Å². The number of H-pyrrole nitrogens is 1. The summed E-state index contributed by atoms with van der Waals surface area (Å²) in [6, 6.07) is 13.6. The summed E-state index contributed by atoms with van der Waals surface area (Å²) in [6.45, 7) is 2.14. The fourth-order valence-corrected chi connectivity index (χ4v) is 5.60. The third kappa shape index (κ3) is 5.53. The molecule has 2 unspecified atom stereocenters. The first-order chi connectivity index (χ1) is 17.6. The van der Waals surface area contributed by atoms with Gasteiger partial charge in [-0.1, -0.05) is 44.8 Å². The first-order valence-electron chi connectivity index (χ1n) is 13.5. The van der Waals surface area contributed by atoms with Crippen LogP contribution in [0.5, 0.6) is 0 Å². The van der Waals surface area contributed by atoms with Gasteiger partial charge in [-0.2, -0.15) is 0 Å². The molecule has 6 nitrogen and oxygen atoms in total. The zero-order valence-corrected chi connectivity index (χ0v) is 21.1. The van der Waals surface area contributed by atoms with E-state index < -0.39 is 0 Å². The number of nitrogens with zero attached hydrogens (tertiary/aromatic N) is 1. The number of carbonyl (C=O) groups is 2. The number of hydrogen-bond acceptors (Lipinski definition) is 3. The van der Waals surface area contributed by atoms with E-state index in [1.54, 1.807) is 0 Å². The van der Waals surface area contributed by atoms with Gasteiger partial charge in [-0.25, -0.2) is 4.98 Å². The molecule has 2 amide bonds. The summed E-state index contributed by atoms with van der Waals surface area (Å²) in [6.07, 6.45) is 13.9. The number of nitrogens with one attached hydrogen (secondary N) is 3. The van der Waals surface area contributed by atoms with Crippen LogP contribution in [-0.4, -0.2) is 21.8 Å². The number of benzene rings is 2. The number of imidazole rings is 1. The molecular weight excluding hydrogens is 448 g/mol. The molecule has 0 radical (unpaired) electrons. The molecule has 1 saturated carbocycles. The highest BCUT2D eigenvalue weighted by Crippen LogP contribution is 2.30. The maximum absolute atomic E-state index is 12.9. The van der Waals surface area contributed by atoms with Gasteiger partial charge in [-0.15, -0.1) is 0 Å². The van der Waals surface area contributed by atoms with E-state index in [0.29, 0.717) is 5.92 Å². The SMILES string of the molecule is CCC1C=CCCC1C(=O)Nc1ccc2nc(-c3ccc(NC(=O)C4CCCCCC4)cc3)[nH]c2c1. The van der Waals surface area contributed by atoms with Gasteiger partial charge < -0.3 is 15.6 Å². The van der Waals surface area contributed by atoms with E-state index >= 15 is 0 Å². The van der Waals surface area contributed by atoms with Crippen molar-refractivity contribution in [2.24, 2.45) is 17.8 Å². The zero-order chi connectivity index (χ0) is 24.9. The molecule has 5 rings (SSSR count). The summed E-state index contributed by atoms with van der Waals surface area (Å²) in [4.78, 5) is 33.7. The average Bonchev–Trinajstić information content (AvgIpc) is 3.13. The highest BCUT2D eigenvalue weighted by atomic mass is 16.2. The topological polar surface area (TPSA) is 86.9 Å². The lowest BCUT2D eigenvalue weighted by Crippen LogP contribution is -2.29. The van der Waals surface area contributed by atoms with Crippen LogP contribution in [0.4, 0.5) is 11.4 Å². The second kappa shape index (κ2) is 11.1. The summed E-state index contributed by atoms with van der Waals surface area (Å²) >= 11 is 0. The minimum atomic E-state index is 0.0228. The van der Waals surface area contributed by atoms with Crippen LogP contribution < -0.4 is 10.6 Å². The first-order valence-corrected chi connectivity index (χ1v) is 13.5. The molecule has 36 heavy (non-hydrogen) atoms. The Hall–Kier alpha value is -3.41. The van der Waals surface area contributed by atoms with Crippen LogP contribution in [0.1, 0.15) is 64.7 Å². The van der Waals surface area contributed by atoms with Crippen molar-refractivity contribution in [2.45, 2.75) is 64.7 Å². The highest BCUT2D eigenvalue weighted by Gasteiger charge is 2.27. The van der Waals surface area contributed by atoms with Crippen molar-refractivity contribution in [1.29, 1.82) is 0 Å². The van der Waals surface area contributed by atoms with E-state index in [1.165, 1.54) is 12.8 Å². The number of fused-ring (bicyclic) bond motifs is 1. The van der Waals surface area contributed by atoms with E-state index in [1.807, 2.05) is 42.5 Å². The Morgan fingerprint density at radius 3 is 2.39 bits per heavy atom. The molecule has 2 aromatic carbocycles. The molecule has 2 atom stereocenters. The smallest absolute Gasteiger partial charge is 0.228 e. The van der Waals surface area contributed by atoms with Crippen LogP contribution in [0, 0.1) is 17.8 Å². The van der Waals surface area contributed by atoms with Gasteiger partial charge in [0, 0.05) is 28.8 Å². The molecule has 6 heteroatoms. The van der Waals surface area contributed by atoms with Crippen molar-refractivity contribution in [3.05, 3.63) is 54.6 Å². The van der Waals surface area contributed by atoms with E-state index in [4.69, 9.17) is 4.98 Å². The maximum Gasteiger partial charge on any atom is 0.228 e. The highest BCUT2D eigenvalue weighted by molar-refractivity contribution is 5.95. The number of hydrogen-bond donors (Lipinski definition) is 3. The van der Waals surface area contributed by atoms with E-state index in [0.717, 1.165) is 78.7 Å². The lowest BCUT2D eigenvalue weighted by Gasteiger charge is -2.25. The van der Waals surface area contributed by atoms with Gasteiger partial charge in [0.15, 0.2) is 0 Å². The van der Waals surface area contributed by atoms with E-state index in [9.17, 15) is 9.59 Å². The van der Waals surface area contributed by atoms with Crippen molar-refractivity contribution < 1.29 is 9.59 Å². The van der Waals surface area contributed by atoms with Crippen LogP contribution in [-0.2, 0) is 9.59 Å². The summed E-state index contributed by atoms with van der Waals surface area (Å²) in [5, 5.41) is 6.20. The minimum Gasteiger partial charge on any atom is -0.338 e. The van der Waals surface area contributed by atoms with Crippen LogP contribution in [0.3, 0.4) is 0 Å². The van der Waals surface area contributed by atoms with Crippen LogP contribution >= 0.6 is 0 Å². The van der Waals surface area contributed by atoms with Crippen LogP contribution in [0.2, 0.25) is 0 Å². The number of allylic oxidation sites excluding steroid dienone is 2. The molecule has 3 aromatic rings. The molecule has 0 saturated heterocycles.